The summed E-state index contributed by atoms with van der Waals surface area (Å²) >= 11 is 0. The Hall–Kier alpha value is -1.01. The fraction of sp³-hybridized carbons (Fsp3) is 0. The summed E-state index contributed by atoms with van der Waals surface area (Å²) in [7, 11) is -1.80. The number of carbonyl (C=O) groups is 1. The van der Waals surface area contributed by atoms with E-state index in [4.69, 9.17) is 0 Å². The molecular formula is C7H6O2P+. The lowest BCUT2D eigenvalue weighted by Crippen LogP contribution is -1.93. The normalized spacial score (nSPS) is 10.6. The van der Waals surface area contributed by atoms with Crippen molar-refractivity contribution in [3.05, 3.63) is 30.3 Å². The molecular weight excluding hydrogens is 147 g/mol. The molecule has 0 aliphatic heterocycles. The highest BCUT2D eigenvalue weighted by Crippen LogP contribution is 2.12. The van der Waals surface area contributed by atoms with Crippen molar-refractivity contribution < 1.29 is 9.36 Å². The SMILES string of the molecule is O=C[P+](=O)c1ccccc1. The lowest BCUT2D eigenvalue weighted by atomic mass is 10.4. The minimum Gasteiger partial charge on any atom is -0.243 e. The van der Waals surface area contributed by atoms with Gasteiger partial charge in [-0.1, -0.05) is 22.8 Å². The molecule has 0 aliphatic rings. The lowest BCUT2D eigenvalue weighted by Gasteiger charge is -1.78. The fourth-order valence-corrected chi connectivity index (χ4v) is 1.22. The highest BCUT2D eigenvalue weighted by atomic mass is 31.1. The van der Waals surface area contributed by atoms with Crippen molar-refractivity contribution in [3.8, 4) is 0 Å². The van der Waals surface area contributed by atoms with E-state index in [9.17, 15) is 9.36 Å². The quantitative estimate of drug-likeness (QED) is 0.474. The van der Waals surface area contributed by atoms with Crippen molar-refractivity contribution in [3.63, 3.8) is 0 Å². The van der Waals surface area contributed by atoms with Crippen molar-refractivity contribution >= 4 is 19.1 Å². The number of rotatable bonds is 2. The number of hydrogen-bond donors (Lipinski definition) is 0. The van der Waals surface area contributed by atoms with Crippen LogP contribution < -0.4 is 5.30 Å². The van der Waals surface area contributed by atoms with E-state index in [2.05, 4.69) is 0 Å². The van der Waals surface area contributed by atoms with Crippen LogP contribution >= 0.6 is 7.80 Å². The van der Waals surface area contributed by atoms with Gasteiger partial charge in [0.1, 0.15) is 0 Å². The van der Waals surface area contributed by atoms with Gasteiger partial charge in [-0.15, -0.1) is 0 Å². The molecule has 1 rings (SSSR count). The van der Waals surface area contributed by atoms with Gasteiger partial charge in [0, 0.05) is 0 Å². The van der Waals surface area contributed by atoms with Crippen molar-refractivity contribution in [2.24, 2.45) is 0 Å². The molecule has 1 unspecified atom stereocenters. The largest absolute Gasteiger partial charge is 0.449 e. The maximum Gasteiger partial charge on any atom is 0.449 e. The summed E-state index contributed by atoms with van der Waals surface area (Å²) < 4.78 is 10.8. The average Bonchev–Trinajstić information content (AvgIpc) is 2.05. The van der Waals surface area contributed by atoms with E-state index in [1.54, 1.807) is 24.3 Å². The first-order valence-electron chi connectivity index (χ1n) is 2.81. The van der Waals surface area contributed by atoms with Crippen LogP contribution in [0.3, 0.4) is 0 Å². The average molecular weight is 153 g/mol. The third-order valence-corrected chi connectivity index (χ3v) is 2.10. The van der Waals surface area contributed by atoms with E-state index in [1.807, 2.05) is 6.07 Å². The molecule has 0 bridgehead atoms. The van der Waals surface area contributed by atoms with Crippen LogP contribution in [0.15, 0.2) is 30.3 Å². The Kier molecular flexibility index (Phi) is 2.30. The summed E-state index contributed by atoms with van der Waals surface area (Å²) in [5, 5.41) is 0.590. The van der Waals surface area contributed by atoms with E-state index in [0.717, 1.165) is 0 Å². The van der Waals surface area contributed by atoms with Gasteiger partial charge in [-0.2, -0.15) is 0 Å². The lowest BCUT2D eigenvalue weighted by molar-refractivity contribution is 0.560. The van der Waals surface area contributed by atoms with Gasteiger partial charge in [-0.25, -0.2) is 4.79 Å². The zero-order valence-electron chi connectivity index (χ0n) is 5.23. The summed E-state index contributed by atoms with van der Waals surface area (Å²) in [4.78, 5) is 10.0. The molecule has 0 saturated carbocycles. The van der Waals surface area contributed by atoms with E-state index in [-0.39, 0.29) is 0 Å². The Bertz CT molecular complexity index is 243. The van der Waals surface area contributed by atoms with E-state index in [0.29, 0.717) is 11.3 Å². The van der Waals surface area contributed by atoms with Crippen LogP contribution in [0.4, 0.5) is 0 Å². The van der Waals surface area contributed by atoms with Crippen LogP contribution in [-0.2, 0) is 9.36 Å². The summed E-state index contributed by atoms with van der Waals surface area (Å²) in [5.41, 5.74) is 0. The second kappa shape index (κ2) is 3.23. The van der Waals surface area contributed by atoms with E-state index >= 15 is 0 Å². The molecule has 0 heterocycles. The highest BCUT2D eigenvalue weighted by molar-refractivity contribution is 7.68. The minimum atomic E-state index is -1.80. The van der Waals surface area contributed by atoms with Gasteiger partial charge in [-0.05, 0) is 12.1 Å². The van der Waals surface area contributed by atoms with Crippen LogP contribution in [0.5, 0.6) is 0 Å². The van der Waals surface area contributed by atoms with Crippen LogP contribution in [-0.4, -0.2) is 6.03 Å². The molecule has 0 radical (unpaired) electrons. The molecule has 0 aliphatic carbocycles. The zero-order chi connectivity index (χ0) is 7.40. The monoisotopic (exact) mass is 153 g/mol. The summed E-state index contributed by atoms with van der Waals surface area (Å²) in [5.74, 6) is 0. The van der Waals surface area contributed by atoms with Crippen LogP contribution in [0.25, 0.3) is 0 Å². The summed E-state index contributed by atoms with van der Waals surface area (Å²) in [6, 6.07) is 9.14. The standard InChI is InChI=1S/C7H6O2P/c8-6-10(9)7-4-2-1-3-5-7/h1-6H/q+1. The molecule has 50 valence electrons. The molecule has 0 amide bonds. The predicted molar refractivity (Wildman–Crippen MR) is 40.4 cm³/mol. The molecule has 0 fully saturated rings. The first-order chi connectivity index (χ1) is 4.84. The fourth-order valence-electron chi connectivity index (χ4n) is 0.636. The molecule has 1 atom stereocenters. The van der Waals surface area contributed by atoms with E-state index < -0.39 is 7.80 Å². The molecule has 0 spiro atoms. The molecule has 0 saturated heterocycles. The second-order valence-corrected chi connectivity index (χ2v) is 3.15. The van der Waals surface area contributed by atoms with Crippen molar-refractivity contribution in [2.75, 3.05) is 0 Å². The molecule has 1 aromatic carbocycles. The number of benzene rings is 1. The number of carbonyl (C=O) groups excluding carboxylic acids is 1. The predicted octanol–water partition coefficient (Wildman–Crippen LogP) is 1.33. The van der Waals surface area contributed by atoms with Gasteiger partial charge in [0.15, 0.2) is 5.30 Å². The molecule has 1 aromatic rings. The Balaban J connectivity index is 2.95. The minimum absolute atomic E-state index is 0.463. The third-order valence-electron chi connectivity index (χ3n) is 1.11. The van der Waals surface area contributed by atoms with Crippen LogP contribution in [0, 0.1) is 0 Å². The van der Waals surface area contributed by atoms with Crippen LogP contribution in [0.2, 0.25) is 0 Å². The van der Waals surface area contributed by atoms with Crippen LogP contribution in [0.1, 0.15) is 0 Å². The smallest absolute Gasteiger partial charge is 0.243 e. The second-order valence-electron chi connectivity index (χ2n) is 1.77. The van der Waals surface area contributed by atoms with E-state index in [1.165, 1.54) is 0 Å². The van der Waals surface area contributed by atoms with Crippen molar-refractivity contribution in [1.29, 1.82) is 0 Å². The first-order valence-corrected chi connectivity index (χ1v) is 4.14. The first kappa shape index (κ1) is 7.10. The number of hydrogen-bond acceptors (Lipinski definition) is 2. The molecule has 0 N–H and O–H groups in total. The zero-order valence-corrected chi connectivity index (χ0v) is 6.12. The molecule has 3 heteroatoms. The van der Waals surface area contributed by atoms with Gasteiger partial charge >= 0.3 is 13.8 Å². The highest BCUT2D eigenvalue weighted by Gasteiger charge is 2.15. The molecule has 10 heavy (non-hydrogen) atoms. The van der Waals surface area contributed by atoms with Crippen molar-refractivity contribution in [2.45, 2.75) is 0 Å². The summed E-state index contributed by atoms with van der Waals surface area (Å²) in [6.07, 6.45) is 0. The van der Waals surface area contributed by atoms with Gasteiger partial charge in [0.25, 0.3) is 0 Å². The van der Waals surface area contributed by atoms with Gasteiger partial charge in [0.05, 0.1) is 0 Å². The Morgan fingerprint density at radius 3 is 2.30 bits per heavy atom. The Morgan fingerprint density at radius 2 is 1.80 bits per heavy atom. The van der Waals surface area contributed by atoms with Gasteiger partial charge in [-0.3, -0.25) is 0 Å². The van der Waals surface area contributed by atoms with Gasteiger partial charge < -0.3 is 0 Å². The maximum absolute atomic E-state index is 10.8. The topological polar surface area (TPSA) is 34.1 Å². The summed E-state index contributed by atoms with van der Waals surface area (Å²) in [6.45, 7) is 0. The molecule has 0 aromatic heterocycles. The third kappa shape index (κ3) is 1.49. The maximum atomic E-state index is 10.8. The van der Waals surface area contributed by atoms with Crippen molar-refractivity contribution in [1.82, 2.24) is 0 Å². The van der Waals surface area contributed by atoms with Gasteiger partial charge in [0.2, 0.25) is 0 Å². The Morgan fingerprint density at radius 1 is 1.20 bits per heavy atom. The Labute approximate surface area is 59.7 Å². The molecule has 2 nitrogen and oxygen atoms in total.